The van der Waals surface area contributed by atoms with Crippen molar-refractivity contribution in [3.63, 3.8) is 0 Å². The summed E-state index contributed by atoms with van der Waals surface area (Å²) in [5, 5.41) is 2.88. The van der Waals surface area contributed by atoms with Crippen LogP contribution in [0.4, 0.5) is 11.4 Å². The quantitative estimate of drug-likeness (QED) is 0.502. The molecule has 156 valence electrons. The van der Waals surface area contributed by atoms with E-state index in [0.717, 1.165) is 15.7 Å². The second-order valence-electron chi connectivity index (χ2n) is 7.00. The van der Waals surface area contributed by atoms with Gasteiger partial charge in [0.2, 0.25) is 11.8 Å². The van der Waals surface area contributed by atoms with Crippen LogP contribution in [0.2, 0.25) is 0 Å². The molecule has 0 spiro atoms. The van der Waals surface area contributed by atoms with Crippen LogP contribution in [-0.4, -0.2) is 27.1 Å². The van der Waals surface area contributed by atoms with Crippen LogP contribution in [0.5, 0.6) is 0 Å². The van der Waals surface area contributed by atoms with Gasteiger partial charge in [0.25, 0.3) is 0 Å². The molecule has 1 N–H and O–H groups in total. The maximum atomic E-state index is 13.1. The number of thioether (sulfide) groups is 1. The minimum Gasteiger partial charge on any atom is -0.325 e. The summed E-state index contributed by atoms with van der Waals surface area (Å²) in [5.41, 5.74) is 2.44. The molecular formula is C24H20BrN3O2S. The van der Waals surface area contributed by atoms with E-state index in [-0.39, 0.29) is 18.2 Å². The predicted molar refractivity (Wildman–Crippen MR) is 129 cm³/mol. The number of nitrogens with zero attached hydrogens (tertiary/aromatic N) is 2. The molecule has 1 aliphatic rings. The number of aliphatic imine (C=N–C) groups is 1. The minimum absolute atomic E-state index is 0.117. The highest BCUT2D eigenvalue weighted by Gasteiger charge is 2.36. The molecule has 1 heterocycles. The van der Waals surface area contributed by atoms with Gasteiger partial charge >= 0.3 is 0 Å². The monoisotopic (exact) mass is 493 g/mol. The van der Waals surface area contributed by atoms with Crippen molar-refractivity contribution in [1.29, 1.82) is 0 Å². The lowest BCUT2D eigenvalue weighted by atomic mass is 10.2. The van der Waals surface area contributed by atoms with E-state index in [9.17, 15) is 9.59 Å². The van der Waals surface area contributed by atoms with Gasteiger partial charge in [-0.1, -0.05) is 76.2 Å². The van der Waals surface area contributed by atoms with E-state index >= 15 is 0 Å². The highest BCUT2D eigenvalue weighted by molar-refractivity contribution is 9.10. The Bertz CT molecular complexity index is 1090. The Morgan fingerprint density at radius 1 is 1.00 bits per heavy atom. The summed E-state index contributed by atoms with van der Waals surface area (Å²) >= 11 is 4.71. The molecule has 1 fully saturated rings. The number of hydrogen-bond donors (Lipinski definition) is 1. The molecule has 1 aliphatic heterocycles. The number of halogens is 1. The summed E-state index contributed by atoms with van der Waals surface area (Å²) in [6, 6.07) is 26.6. The lowest BCUT2D eigenvalue weighted by Gasteiger charge is -2.32. The van der Waals surface area contributed by atoms with Gasteiger partial charge in [0.15, 0.2) is 5.17 Å². The molecule has 31 heavy (non-hydrogen) atoms. The fourth-order valence-corrected chi connectivity index (χ4v) is 4.49. The fraction of sp³-hybridized carbons (Fsp3) is 0.125. The predicted octanol–water partition coefficient (Wildman–Crippen LogP) is 5.61. The van der Waals surface area contributed by atoms with Crippen molar-refractivity contribution in [1.82, 2.24) is 4.90 Å². The van der Waals surface area contributed by atoms with Crippen LogP contribution in [0.3, 0.4) is 0 Å². The summed E-state index contributed by atoms with van der Waals surface area (Å²) in [5.74, 6) is -0.325. The number of nitrogens with one attached hydrogen (secondary N) is 1. The fourth-order valence-electron chi connectivity index (χ4n) is 3.13. The van der Waals surface area contributed by atoms with Crippen LogP contribution in [0.1, 0.15) is 12.0 Å². The van der Waals surface area contributed by atoms with E-state index in [4.69, 9.17) is 4.99 Å². The molecule has 3 aromatic rings. The van der Waals surface area contributed by atoms with Gasteiger partial charge < -0.3 is 5.32 Å². The third-order valence-corrected chi connectivity index (χ3v) is 6.42. The van der Waals surface area contributed by atoms with E-state index in [0.29, 0.717) is 17.4 Å². The Labute approximate surface area is 193 Å². The Balaban J connectivity index is 1.57. The van der Waals surface area contributed by atoms with Gasteiger partial charge in [0.1, 0.15) is 5.25 Å². The molecule has 4 rings (SSSR count). The first kappa shape index (κ1) is 21.3. The Kier molecular flexibility index (Phi) is 6.84. The van der Waals surface area contributed by atoms with Crippen molar-refractivity contribution >= 4 is 56.0 Å². The van der Waals surface area contributed by atoms with Crippen LogP contribution in [0.25, 0.3) is 0 Å². The summed E-state index contributed by atoms with van der Waals surface area (Å²) in [7, 11) is 0. The number of amides is 2. The van der Waals surface area contributed by atoms with Crippen LogP contribution in [0.15, 0.2) is 94.4 Å². The van der Waals surface area contributed by atoms with Gasteiger partial charge in [-0.25, -0.2) is 4.99 Å². The zero-order valence-corrected chi connectivity index (χ0v) is 19.0. The van der Waals surface area contributed by atoms with Gasteiger partial charge in [-0.15, -0.1) is 0 Å². The number of rotatable bonds is 5. The van der Waals surface area contributed by atoms with Gasteiger partial charge in [-0.05, 0) is 42.0 Å². The number of anilines is 1. The van der Waals surface area contributed by atoms with Crippen molar-refractivity contribution in [3.8, 4) is 0 Å². The average molecular weight is 494 g/mol. The molecule has 0 aliphatic carbocycles. The van der Waals surface area contributed by atoms with Gasteiger partial charge in [-0.3, -0.25) is 14.5 Å². The molecule has 0 radical (unpaired) electrons. The molecule has 1 atom stereocenters. The Morgan fingerprint density at radius 3 is 2.32 bits per heavy atom. The number of carbonyl (C=O) groups is 2. The standard InChI is InChI=1S/C24H20BrN3O2S/c25-18-11-13-20(14-12-18)26-23(30)21-15-22(29)28(16-17-7-3-1-4-8-17)24(31-21)27-19-9-5-2-6-10-19/h1-14,21H,15-16H2,(H,26,30). The van der Waals surface area contributed by atoms with Gasteiger partial charge in [0.05, 0.1) is 12.2 Å². The number of benzene rings is 3. The van der Waals surface area contributed by atoms with Crippen LogP contribution in [-0.2, 0) is 16.1 Å². The highest BCUT2D eigenvalue weighted by atomic mass is 79.9. The van der Waals surface area contributed by atoms with Crippen LogP contribution < -0.4 is 5.32 Å². The summed E-state index contributed by atoms with van der Waals surface area (Å²) in [4.78, 5) is 32.3. The second-order valence-corrected chi connectivity index (χ2v) is 9.09. The van der Waals surface area contributed by atoms with Crippen molar-refractivity contribution in [2.45, 2.75) is 18.2 Å². The number of para-hydroxylation sites is 1. The van der Waals surface area contributed by atoms with Crippen molar-refractivity contribution in [3.05, 3.63) is 95.0 Å². The summed E-state index contributed by atoms with van der Waals surface area (Å²) in [6.45, 7) is 0.416. The molecule has 7 heteroatoms. The van der Waals surface area contributed by atoms with E-state index in [1.54, 1.807) is 4.90 Å². The molecule has 1 unspecified atom stereocenters. The van der Waals surface area contributed by atoms with E-state index in [2.05, 4.69) is 21.2 Å². The van der Waals surface area contributed by atoms with Crippen molar-refractivity contribution in [2.24, 2.45) is 4.99 Å². The van der Waals surface area contributed by atoms with Crippen molar-refractivity contribution in [2.75, 3.05) is 5.32 Å². The van der Waals surface area contributed by atoms with Gasteiger partial charge in [-0.2, -0.15) is 0 Å². The van der Waals surface area contributed by atoms with E-state index in [1.807, 2.05) is 84.9 Å². The number of amidine groups is 1. The SMILES string of the molecule is O=C(Nc1ccc(Br)cc1)C1CC(=O)N(Cc2ccccc2)C(=Nc2ccccc2)S1. The highest BCUT2D eigenvalue weighted by Crippen LogP contribution is 2.31. The molecule has 1 saturated heterocycles. The number of carbonyl (C=O) groups excluding carboxylic acids is 2. The first-order valence-corrected chi connectivity index (χ1v) is 11.5. The zero-order chi connectivity index (χ0) is 21.6. The molecule has 0 saturated carbocycles. The van der Waals surface area contributed by atoms with Crippen molar-refractivity contribution < 1.29 is 9.59 Å². The molecule has 5 nitrogen and oxygen atoms in total. The van der Waals surface area contributed by atoms with Crippen LogP contribution >= 0.6 is 27.7 Å². The Hall–Kier alpha value is -2.90. The maximum absolute atomic E-state index is 13.1. The third kappa shape index (κ3) is 5.62. The third-order valence-electron chi connectivity index (χ3n) is 4.71. The minimum atomic E-state index is -0.550. The molecule has 0 aromatic heterocycles. The van der Waals surface area contributed by atoms with E-state index < -0.39 is 5.25 Å². The summed E-state index contributed by atoms with van der Waals surface area (Å²) in [6.07, 6.45) is 0.119. The zero-order valence-electron chi connectivity index (χ0n) is 16.6. The first-order valence-electron chi connectivity index (χ1n) is 9.79. The van der Waals surface area contributed by atoms with E-state index in [1.165, 1.54) is 11.8 Å². The smallest absolute Gasteiger partial charge is 0.238 e. The lowest BCUT2D eigenvalue weighted by Crippen LogP contribution is -2.44. The largest absolute Gasteiger partial charge is 0.325 e. The number of hydrogen-bond acceptors (Lipinski definition) is 4. The molecule has 3 aromatic carbocycles. The normalized spacial score (nSPS) is 17.6. The first-order chi connectivity index (χ1) is 15.1. The molecule has 2 amide bonds. The topological polar surface area (TPSA) is 61.8 Å². The second kappa shape index (κ2) is 9.94. The molecule has 0 bridgehead atoms. The average Bonchev–Trinajstić information content (AvgIpc) is 2.79. The summed E-state index contributed by atoms with van der Waals surface area (Å²) < 4.78 is 0.932. The maximum Gasteiger partial charge on any atom is 0.238 e. The molecular weight excluding hydrogens is 474 g/mol. The Morgan fingerprint density at radius 2 is 1.65 bits per heavy atom. The van der Waals surface area contributed by atoms with Crippen LogP contribution in [0, 0.1) is 0 Å². The van der Waals surface area contributed by atoms with Gasteiger partial charge in [0, 0.05) is 16.6 Å². The lowest BCUT2D eigenvalue weighted by molar-refractivity contribution is -0.129.